The highest BCUT2D eigenvalue weighted by atomic mass is 16.1. The molecule has 1 aromatic heterocycles. The van der Waals surface area contributed by atoms with Crippen LogP contribution in [-0.4, -0.2) is 37.1 Å². The number of carbonyl (C=O) groups is 1. The second kappa shape index (κ2) is 6.70. The largest absolute Gasteiger partial charge is 0.365 e. The zero-order valence-corrected chi connectivity index (χ0v) is 12.4. The smallest absolute Gasteiger partial charge is 0.252 e. The average molecular weight is 276 g/mol. The highest BCUT2D eigenvalue weighted by molar-refractivity contribution is 5.99. The van der Waals surface area contributed by atoms with Crippen molar-refractivity contribution in [1.82, 2.24) is 10.3 Å². The number of aromatic nitrogens is 1. The van der Waals surface area contributed by atoms with Crippen LogP contribution in [0.15, 0.2) is 12.3 Å². The number of nitrogens with zero attached hydrogens (tertiary/aromatic N) is 2. The summed E-state index contributed by atoms with van der Waals surface area (Å²) in [5, 5.41) is 3.43. The van der Waals surface area contributed by atoms with Gasteiger partial charge in [0.1, 0.15) is 5.82 Å². The number of nitrogens with one attached hydrogen (secondary N) is 1. The molecular weight excluding hydrogens is 252 g/mol. The SMILES string of the molecule is CCN(CC1CCCNC1)c1nccc(C)c1C(N)=O. The molecule has 2 heterocycles. The van der Waals surface area contributed by atoms with E-state index in [0.29, 0.717) is 11.5 Å². The number of anilines is 1. The molecule has 1 saturated heterocycles. The standard InChI is InChI=1S/C15H24N4O/c1-3-19(10-12-5-4-7-17-9-12)15-13(14(16)20)11(2)6-8-18-15/h6,8,12,17H,3-5,7,9-10H2,1-2H3,(H2,16,20). The molecule has 1 atom stereocenters. The molecule has 1 aliphatic heterocycles. The van der Waals surface area contributed by atoms with Gasteiger partial charge in [0.25, 0.3) is 5.91 Å². The van der Waals surface area contributed by atoms with E-state index in [2.05, 4.69) is 22.1 Å². The molecule has 1 aromatic rings. The van der Waals surface area contributed by atoms with Crippen molar-refractivity contribution >= 4 is 11.7 Å². The second-order valence-corrected chi connectivity index (χ2v) is 5.44. The Morgan fingerprint density at radius 3 is 3.00 bits per heavy atom. The molecule has 0 radical (unpaired) electrons. The van der Waals surface area contributed by atoms with Gasteiger partial charge in [0.05, 0.1) is 5.56 Å². The summed E-state index contributed by atoms with van der Waals surface area (Å²) in [5.41, 5.74) is 6.97. The average Bonchev–Trinajstić information content (AvgIpc) is 2.45. The number of amides is 1. The van der Waals surface area contributed by atoms with E-state index in [0.717, 1.165) is 37.6 Å². The Kier molecular flexibility index (Phi) is 4.95. The highest BCUT2D eigenvalue weighted by Gasteiger charge is 2.21. The van der Waals surface area contributed by atoms with Gasteiger partial charge in [-0.3, -0.25) is 4.79 Å². The number of primary amides is 1. The third kappa shape index (κ3) is 3.28. The Labute approximate surface area is 120 Å². The summed E-state index contributed by atoms with van der Waals surface area (Å²) in [6.45, 7) is 7.88. The van der Waals surface area contributed by atoms with Crippen LogP contribution >= 0.6 is 0 Å². The van der Waals surface area contributed by atoms with Gasteiger partial charge in [0, 0.05) is 19.3 Å². The topological polar surface area (TPSA) is 71.2 Å². The summed E-state index contributed by atoms with van der Waals surface area (Å²) in [4.78, 5) is 18.3. The molecule has 110 valence electrons. The Bertz CT molecular complexity index is 469. The van der Waals surface area contributed by atoms with E-state index >= 15 is 0 Å². The number of nitrogens with two attached hydrogens (primary N) is 1. The third-order valence-corrected chi connectivity index (χ3v) is 3.94. The van der Waals surface area contributed by atoms with Crippen molar-refractivity contribution in [1.29, 1.82) is 0 Å². The fraction of sp³-hybridized carbons (Fsp3) is 0.600. The molecule has 5 heteroatoms. The molecular formula is C15H24N4O. The Morgan fingerprint density at radius 2 is 2.40 bits per heavy atom. The van der Waals surface area contributed by atoms with Crippen molar-refractivity contribution in [2.45, 2.75) is 26.7 Å². The maximum Gasteiger partial charge on any atom is 0.252 e. The molecule has 0 spiro atoms. The fourth-order valence-corrected chi connectivity index (χ4v) is 2.85. The number of rotatable bonds is 5. The molecule has 0 aromatic carbocycles. The molecule has 1 fully saturated rings. The van der Waals surface area contributed by atoms with Crippen LogP contribution in [-0.2, 0) is 0 Å². The van der Waals surface area contributed by atoms with E-state index < -0.39 is 5.91 Å². The number of aryl methyl sites for hydroxylation is 1. The number of hydrogen-bond donors (Lipinski definition) is 2. The van der Waals surface area contributed by atoms with Gasteiger partial charge in [-0.15, -0.1) is 0 Å². The van der Waals surface area contributed by atoms with E-state index in [1.807, 2.05) is 13.0 Å². The van der Waals surface area contributed by atoms with Crippen LogP contribution in [0.4, 0.5) is 5.82 Å². The van der Waals surface area contributed by atoms with Crippen LogP contribution in [0.5, 0.6) is 0 Å². The highest BCUT2D eigenvalue weighted by Crippen LogP contribution is 2.22. The lowest BCUT2D eigenvalue weighted by molar-refractivity contribution is 0.1000. The lowest BCUT2D eigenvalue weighted by atomic mass is 9.98. The van der Waals surface area contributed by atoms with Crippen molar-refractivity contribution in [3.05, 3.63) is 23.4 Å². The van der Waals surface area contributed by atoms with Gasteiger partial charge >= 0.3 is 0 Å². The van der Waals surface area contributed by atoms with Crippen LogP contribution in [0.2, 0.25) is 0 Å². The van der Waals surface area contributed by atoms with E-state index in [1.165, 1.54) is 12.8 Å². The van der Waals surface area contributed by atoms with E-state index in [9.17, 15) is 4.79 Å². The first-order chi connectivity index (χ1) is 9.63. The zero-order valence-electron chi connectivity index (χ0n) is 12.4. The normalized spacial score (nSPS) is 18.8. The van der Waals surface area contributed by atoms with Gasteiger partial charge in [-0.1, -0.05) is 0 Å². The van der Waals surface area contributed by atoms with Gasteiger partial charge in [-0.25, -0.2) is 4.98 Å². The molecule has 1 unspecified atom stereocenters. The van der Waals surface area contributed by atoms with Crippen LogP contribution in [0.25, 0.3) is 0 Å². The van der Waals surface area contributed by atoms with Gasteiger partial charge in [-0.05, 0) is 57.3 Å². The molecule has 5 nitrogen and oxygen atoms in total. The zero-order chi connectivity index (χ0) is 14.5. The molecule has 1 aliphatic rings. The third-order valence-electron chi connectivity index (χ3n) is 3.94. The quantitative estimate of drug-likeness (QED) is 0.850. The van der Waals surface area contributed by atoms with E-state index in [1.54, 1.807) is 6.20 Å². The van der Waals surface area contributed by atoms with Gasteiger partial charge in [0.2, 0.25) is 0 Å². The molecule has 20 heavy (non-hydrogen) atoms. The Morgan fingerprint density at radius 1 is 1.60 bits per heavy atom. The Balaban J connectivity index is 2.22. The summed E-state index contributed by atoms with van der Waals surface area (Å²) >= 11 is 0. The first-order valence-corrected chi connectivity index (χ1v) is 7.34. The van der Waals surface area contributed by atoms with Crippen molar-refractivity contribution < 1.29 is 4.79 Å². The second-order valence-electron chi connectivity index (χ2n) is 5.44. The molecule has 0 saturated carbocycles. The summed E-state index contributed by atoms with van der Waals surface area (Å²) in [6, 6.07) is 1.83. The van der Waals surface area contributed by atoms with Crippen LogP contribution in [0.1, 0.15) is 35.7 Å². The number of hydrogen-bond acceptors (Lipinski definition) is 4. The van der Waals surface area contributed by atoms with Crippen molar-refractivity contribution in [3.8, 4) is 0 Å². The van der Waals surface area contributed by atoms with Crippen LogP contribution in [0.3, 0.4) is 0 Å². The molecule has 0 aliphatic carbocycles. The van der Waals surface area contributed by atoms with Crippen molar-refractivity contribution in [3.63, 3.8) is 0 Å². The minimum absolute atomic E-state index is 0.397. The van der Waals surface area contributed by atoms with E-state index in [4.69, 9.17) is 5.73 Å². The summed E-state index contributed by atoms with van der Waals surface area (Å²) in [6.07, 6.45) is 4.19. The van der Waals surface area contributed by atoms with Gasteiger partial charge < -0.3 is 16.0 Å². The fourth-order valence-electron chi connectivity index (χ4n) is 2.85. The maximum atomic E-state index is 11.7. The van der Waals surface area contributed by atoms with Crippen molar-refractivity contribution in [2.24, 2.45) is 11.7 Å². The van der Waals surface area contributed by atoms with Crippen LogP contribution in [0, 0.1) is 12.8 Å². The minimum Gasteiger partial charge on any atom is -0.365 e. The van der Waals surface area contributed by atoms with Gasteiger partial charge in [-0.2, -0.15) is 0 Å². The predicted octanol–water partition coefficient (Wildman–Crippen LogP) is 1.31. The van der Waals surface area contributed by atoms with Crippen LogP contribution < -0.4 is 16.0 Å². The predicted molar refractivity (Wildman–Crippen MR) is 81.0 cm³/mol. The first kappa shape index (κ1) is 14.8. The number of piperidine rings is 1. The maximum absolute atomic E-state index is 11.7. The van der Waals surface area contributed by atoms with E-state index in [-0.39, 0.29) is 0 Å². The number of carbonyl (C=O) groups excluding carboxylic acids is 1. The molecule has 0 bridgehead atoms. The summed E-state index contributed by atoms with van der Waals surface area (Å²) < 4.78 is 0. The molecule has 1 amide bonds. The van der Waals surface area contributed by atoms with Gasteiger partial charge in [0.15, 0.2) is 0 Å². The lowest BCUT2D eigenvalue weighted by Gasteiger charge is -2.31. The summed E-state index contributed by atoms with van der Waals surface area (Å²) in [7, 11) is 0. The molecule has 2 rings (SSSR count). The summed E-state index contributed by atoms with van der Waals surface area (Å²) in [5.74, 6) is 0.933. The number of pyridine rings is 1. The lowest BCUT2D eigenvalue weighted by Crippen LogP contribution is -2.39. The monoisotopic (exact) mass is 276 g/mol. The Hall–Kier alpha value is -1.62. The first-order valence-electron chi connectivity index (χ1n) is 7.34. The van der Waals surface area contributed by atoms with Crippen molar-refractivity contribution in [2.75, 3.05) is 31.1 Å². The molecule has 3 N–H and O–H groups in total. The minimum atomic E-state index is -0.397.